The second-order valence-electron chi connectivity index (χ2n) is 4.12. The molecule has 1 N–H and O–H groups in total. The van der Waals surface area contributed by atoms with E-state index in [4.69, 9.17) is 9.84 Å². The summed E-state index contributed by atoms with van der Waals surface area (Å²) in [6, 6.07) is 3.11. The van der Waals surface area contributed by atoms with Gasteiger partial charge in [-0.3, -0.25) is 0 Å². The molecule has 1 aromatic heterocycles. The van der Waals surface area contributed by atoms with Crippen LogP contribution in [-0.4, -0.2) is 22.7 Å². The molecule has 0 bridgehead atoms. The molecule has 1 aliphatic carbocycles. The van der Waals surface area contributed by atoms with Crippen molar-refractivity contribution in [3.8, 4) is 5.75 Å². The van der Waals surface area contributed by atoms with Crippen LogP contribution in [0.2, 0.25) is 0 Å². The Bertz CT molecular complexity index is 357. The number of aromatic carboxylic acids is 1. The van der Waals surface area contributed by atoms with Gasteiger partial charge in [0.25, 0.3) is 0 Å². The fourth-order valence-corrected chi connectivity index (χ4v) is 1.72. The Labute approximate surface area is 94.3 Å². The van der Waals surface area contributed by atoms with Gasteiger partial charge in [-0.2, -0.15) is 0 Å². The molecule has 16 heavy (non-hydrogen) atoms. The molecule has 1 heterocycles. The number of carboxylic acid groups (broad SMARTS) is 1. The molecule has 1 aromatic rings. The Kier molecular flexibility index (Phi) is 3.39. The first kappa shape index (κ1) is 10.9. The minimum atomic E-state index is -1.01. The fourth-order valence-electron chi connectivity index (χ4n) is 1.72. The lowest BCUT2D eigenvalue weighted by molar-refractivity contribution is 0.0690. The lowest BCUT2D eigenvalue weighted by Crippen LogP contribution is -2.14. The van der Waals surface area contributed by atoms with Crippen molar-refractivity contribution in [2.45, 2.75) is 25.7 Å². The van der Waals surface area contributed by atoms with E-state index >= 15 is 0 Å². The van der Waals surface area contributed by atoms with Crippen molar-refractivity contribution in [3.63, 3.8) is 0 Å². The summed E-state index contributed by atoms with van der Waals surface area (Å²) in [6.45, 7) is 0.693. The summed E-state index contributed by atoms with van der Waals surface area (Å²) in [5.41, 5.74) is 0.0475. The quantitative estimate of drug-likeness (QED) is 0.829. The van der Waals surface area contributed by atoms with Crippen LogP contribution in [0.15, 0.2) is 18.3 Å². The van der Waals surface area contributed by atoms with Crippen LogP contribution < -0.4 is 4.74 Å². The summed E-state index contributed by atoms with van der Waals surface area (Å²) in [4.78, 5) is 14.3. The van der Waals surface area contributed by atoms with Crippen molar-refractivity contribution < 1.29 is 14.6 Å². The molecule has 0 amide bonds. The van der Waals surface area contributed by atoms with Gasteiger partial charge < -0.3 is 9.84 Å². The summed E-state index contributed by atoms with van der Waals surface area (Å²) in [5, 5.41) is 8.66. The van der Waals surface area contributed by atoms with Crippen LogP contribution in [0.25, 0.3) is 0 Å². The number of carboxylic acids is 1. The number of ether oxygens (including phenoxy) is 1. The lowest BCUT2D eigenvalue weighted by Gasteiger charge is -2.24. The standard InChI is InChI=1S/C12H15NO3/c14-12(15)11-5-4-10(8-13-11)16-7-6-9-2-1-3-9/h4-5,8-9H,1-3,6-7H2,(H,14,15). The normalized spacial score (nSPS) is 15.5. The molecule has 4 heteroatoms. The van der Waals surface area contributed by atoms with Crippen LogP contribution in [-0.2, 0) is 0 Å². The van der Waals surface area contributed by atoms with Crippen LogP contribution in [0.3, 0.4) is 0 Å². The number of pyridine rings is 1. The first-order valence-electron chi connectivity index (χ1n) is 5.58. The fraction of sp³-hybridized carbons (Fsp3) is 0.500. The molecular formula is C12H15NO3. The zero-order valence-electron chi connectivity index (χ0n) is 9.06. The molecule has 0 atom stereocenters. The van der Waals surface area contributed by atoms with Crippen LogP contribution in [0.1, 0.15) is 36.2 Å². The number of carbonyl (C=O) groups is 1. The Hall–Kier alpha value is -1.58. The topological polar surface area (TPSA) is 59.4 Å². The van der Waals surface area contributed by atoms with E-state index < -0.39 is 5.97 Å². The van der Waals surface area contributed by atoms with Gasteiger partial charge in [0.05, 0.1) is 12.8 Å². The molecule has 1 fully saturated rings. The maximum atomic E-state index is 10.6. The average Bonchev–Trinajstić information content (AvgIpc) is 2.22. The van der Waals surface area contributed by atoms with E-state index in [9.17, 15) is 4.79 Å². The van der Waals surface area contributed by atoms with E-state index in [2.05, 4.69) is 4.98 Å². The highest BCUT2D eigenvalue weighted by Gasteiger charge is 2.16. The zero-order valence-corrected chi connectivity index (χ0v) is 9.06. The van der Waals surface area contributed by atoms with E-state index in [0.29, 0.717) is 12.4 Å². The van der Waals surface area contributed by atoms with Crippen molar-refractivity contribution in [1.29, 1.82) is 0 Å². The minimum absolute atomic E-state index is 0.0475. The molecule has 0 aliphatic heterocycles. The molecule has 0 unspecified atom stereocenters. The van der Waals surface area contributed by atoms with Gasteiger partial charge in [-0.25, -0.2) is 9.78 Å². The van der Waals surface area contributed by atoms with Crippen LogP contribution in [0, 0.1) is 5.92 Å². The highest BCUT2D eigenvalue weighted by molar-refractivity contribution is 5.85. The zero-order chi connectivity index (χ0) is 11.4. The largest absolute Gasteiger partial charge is 0.492 e. The van der Waals surface area contributed by atoms with Gasteiger partial charge in [0.15, 0.2) is 0 Å². The van der Waals surface area contributed by atoms with Gasteiger partial charge in [0.1, 0.15) is 11.4 Å². The molecule has 0 aromatic carbocycles. The number of aromatic nitrogens is 1. The van der Waals surface area contributed by atoms with Crippen LogP contribution >= 0.6 is 0 Å². The van der Waals surface area contributed by atoms with Crippen LogP contribution in [0.5, 0.6) is 5.75 Å². The van der Waals surface area contributed by atoms with Crippen LogP contribution in [0.4, 0.5) is 0 Å². The third kappa shape index (κ3) is 2.72. The van der Waals surface area contributed by atoms with E-state index in [1.54, 1.807) is 6.07 Å². The molecule has 86 valence electrons. The molecule has 0 saturated heterocycles. The van der Waals surface area contributed by atoms with Gasteiger partial charge >= 0.3 is 5.97 Å². The first-order chi connectivity index (χ1) is 7.75. The number of hydrogen-bond donors (Lipinski definition) is 1. The third-order valence-electron chi connectivity index (χ3n) is 2.98. The number of hydrogen-bond acceptors (Lipinski definition) is 3. The maximum absolute atomic E-state index is 10.6. The molecule has 0 radical (unpaired) electrons. The highest BCUT2D eigenvalue weighted by Crippen LogP contribution is 2.29. The SMILES string of the molecule is O=C(O)c1ccc(OCCC2CCC2)cn1. The Morgan fingerprint density at radius 3 is 2.81 bits per heavy atom. The Morgan fingerprint density at radius 2 is 2.31 bits per heavy atom. The van der Waals surface area contributed by atoms with E-state index in [1.807, 2.05) is 0 Å². The van der Waals surface area contributed by atoms with E-state index in [1.165, 1.54) is 31.5 Å². The summed E-state index contributed by atoms with van der Waals surface area (Å²) in [7, 11) is 0. The van der Waals surface area contributed by atoms with Crippen molar-refractivity contribution in [2.75, 3.05) is 6.61 Å². The van der Waals surface area contributed by atoms with E-state index in [-0.39, 0.29) is 5.69 Å². The van der Waals surface area contributed by atoms with Gasteiger partial charge in [0.2, 0.25) is 0 Å². The third-order valence-corrected chi connectivity index (χ3v) is 2.98. The minimum Gasteiger partial charge on any atom is -0.492 e. The summed E-state index contributed by atoms with van der Waals surface area (Å²) in [5.74, 6) is 0.455. The van der Waals surface area contributed by atoms with Crippen molar-refractivity contribution in [2.24, 2.45) is 5.92 Å². The predicted octanol–water partition coefficient (Wildman–Crippen LogP) is 2.35. The summed E-state index contributed by atoms with van der Waals surface area (Å²) >= 11 is 0. The highest BCUT2D eigenvalue weighted by atomic mass is 16.5. The monoisotopic (exact) mass is 221 g/mol. The van der Waals surface area contributed by atoms with Crippen molar-refractivity contribution in [1.82, 2.24) is 4.98 Å². The average molecular weight is 221 g/mol. The Balaban J connectivity index is 1.78. The van der Waals surface area contributed by atoms with Crippen molar-refractivity contribution >= 4 is 5.97 Å². The number of nitrogens with zero attached hydrogens (tertiary/aromatic N) is 1. The molecule has 0 spiro atoms. The summed E-state index contributed by atoms with van der Waals surface area (Å²) in [6.07, 6.45) is 6.53. The predicted molar refractivity (Wildman–Crippen MR) is 58.6 cm³/mol. The second kappa shape index (κ2) is 4.96. The first-order valence-corrected chi connectivity index (χ1v) is 5.58. The Morgan fingerprint density at radius 1 is 1.50 bits per heavy atom. The molecule has 1 saturated carbocycles. The molecule has 2 rings (SSSR count). The maximum Gasteiger partial charge on any atom is 0.354 e. The number of rotatable bonds is 5. The van der Waals surface area contributed by atoms with Gasteiger partial charge in [-0.1, -0.05) is 19.3 Å². The molecule has 1 aliphatic rings. The second-order valence-corrected chi connectivity index (χ2v) is 4.12. The molecular weight excluding hydrogens is 206 g/mol. The lowest BCUT2D eigenvalue weighted by atomic mass is 9.83. The van der Waals surface area contributed by atoms with E-state index in [0.717, 1.165) is 12.3 Å². The smallest absolute Gasteiger partial charge is 0.354 e. The van der Waals surface area contributed by atoms with Gasteiger partial charge in [0, 0.05) is 0 Å². The van der Waals surface area contributed by atoms with Gasteiger partial charge in [-0.05, 0) is 24.5 Å². The van der Waals surface area contributed by atoms with Gasteiger partial charge in [-0.15, -0.1) is 0 Å². The summed E-state index contributed by atoms with van der Waals surface area (Å²) < 4.78 is 5.49. The van der Waals surface area contributed by atoms with Crippen molar-refractivity contribution in [3.05, 3.63) is 24.0 Å². The molecule has 4 nitrogen and oxygen atoms in total.